The summed E-state index contributed by atoms with van der Waals surface area (Å²) in [5.41, 5.74) is 1.48. The van der Waals surface area contributed by atoms with Gasteiger partial charge < -0.3 is 5.11 Å². The maximum atomic E-state index is 9.46. The quantitative estimate of drug-likeness (QED) is 0.448. The molecule has 0 saturated heterocycles. The minimum absolute atomic E-state index is 0.0605. The molecule has 0 fully saturated rings. The lowest BCUT2D eigenvalue weighted by atomic mass is 10.0. The Morgan fingerprint density at radius 3 is 1.86 bits per heavy atom. The van der Waals surface area contributed by atoms with Crippen molar-refractivity contribution in [3.8, 4) is 0 Å². The van der Waals surface area contributed by atoms with E-state index in [9.17, 15) is 5.11 Å². The van der Waals surface area contributed by atoms with Gasteiger partial charge in [-0.05, 0) is 31.2 Å². The zero-order chi connectivity index (χ0) is 15.2. The van der Waals surface area contributed by atoms with E-state index >= 15 is 0 Å². The highest BCUT2D eigenvalue weighted by atomic mass is 16.3. The molecule has 1 nitrogen and oxygen atoms in total. The summed E-state index contributed by atoms with van der Waals surface area (Å²) in [5.74, 6) is 0. The summed E-state index contributed by atoms with van der Waals surface area (Å²) < 4.78 is 0. The van der Waals surface area contributed by atoms with Gasteiger partial charge in [0.1, 0.15) is 0 Å². The molecule has 0 amide bonds. The number of aliphatic hydroxyl groups is 1. The van der Waals surface area contributed by atoms with Gasteiger partial charge in [-0.15, -0.1) is 0 Å². The van der Waals surface area contributed by atoms with Crippen molar-refractivity contribution in [1.29, 1.82) is 0 Å². The van der Waals surface area contributed by atoms with E-state index in [1.807, 2.05) is 0 Å². The maximum Gasteiger partial charge on any atom is 0.0537 e. The Morgan fingerprint density at radius 2 is 1.29 bits per heavy atom. The second-order valence-corrected chi connectivity index (χ2v) is 6.27. The van der Waals surface area contributed by atoms with Crippen LogP contribution < -0.4 is 0 Å². The molecule has 1 aromatic rings. The standard InChI is InChI=1S/C20H34O/c1-2-20(21)18-14-9-7-5-3-4-6-8-11-15-19-16-12-10-13-17-19/h10,12-13,16-17,20-21H,2-9,11,14-15,18H2,1H3/t20-/m0/s1. The van der Waals surface area contributed by atoms with Gasteiger partial charge in [-0.3, -0.25) is 0 Å². The summed E-state index contributed by atoms with van der Waals surface area (Å²) in [4.78, 5) is 0. The Morgan fingerprint density at radius 1 is 0.762 bits per heavy atom. The van der Waals surface area contributed by atoms with E-state index in [2.05, 4.69) is 37.3 Å². The van der Waals surface area contributed by atoms with Crippen LogP contribution in [0, 0.1) is 0 Å². The van der Waals surface area contributed by atoms with Gasteiger partial charge in [0, 0.05) is 0 Å². The molecule has 0 bridgehead atoms. The summed E-state index contributed by atoms with van der Waals surface area (Å²) in [6.45, 7) is 2.06. The van der Waals surface area contributed by atoms with Gasteiger partial charge in [-0.2, -0.15) is 0 Å². The first-order chi connectivity index (χ1) is 10.3. The highest BCUT2D eigenvalue weighted by Crippen LogP contribution is 2.13. The molecular weight excluding hydrogens is 256 g/mol. The summed E-state index contributed by atoms with van der Waals surface area (Å²) in [6.07, 6.45) is 15.2. The largest absolute Gasteiger partial charge is 0.393 e. The molecule has 0 saturated carbocycles. The van der Waals surface area contributed by atoms with Gasteiger partial charge in [-0.1, -0.05) is 88.6 Å². The van der Waals surface area contributed by atoms with Crippen LogP contribution in [-0.4, -0.2) is 11.2 Å². The number of hydrogen-bond donors (Lipinski definition) is 1. The second-order valence-electron chi connectivity index (χ2n) is 6.27. The number of aryl methyl sites for hydroxylation is 1. The zero-order valence-corrected chi connectivity index (χ0v) is 13.9. The van der Waals surface area contributed by atoms with Crippen molar-refractivity contribution >= 4 is 0 Å². The lowest BCUT2D eigenvalue weighted by Gasteiger charge is -2.06. The van der Waals surface area contributed by atoms with Crippen molar-refractivity contribution in [2.24, 2.45) is 0 Å². The first kappa shape index (κ1) is 18.2. The Labute approximate surface area is 131 Å². The second kappa shape index (κ2) is 12.9. The van der Waals surface area contributed by atoms with Gasteiger partial charge in [-0.25, -0.2) is 0 Å². The molecule has 1 N–H and O–H groups in total. The molecule has 1 atom stereocenters. The van der Waals surface area contributed by atoms with Crippen molar-refractivity contribution in [2.75, 3.05) is 0 Å². The number of unbranched alkanes of at least 4 members (excludes halogenated alkanes) is 8. The topological polar surface area (TPSA) is 20.2 Å². The van der Waals surface area contributed by atoms with Crippen LogP contribution >= 0.6 is 0 Å². The number of rotatable bonds is 13. The highest BCUT2D eigenvalue weighted by molar-refractivity contribution is 5.14. The molecular formula is C20H34O. The Kier molecular flexibility index (Phi) is 11.2. The fourth-order valence-corrected chi connectivity index (χ4v) is 2.80. The van der Waals surface area contributed by atoms with Crippen molar-refractivity contribution < 1.29 is 5.11 Å². The van der Waals surface area contributed by atoms with E-state index in [1.165, 1.54) is 69.8 Å². The van der Waals surface area contributed by atoms with E-state index in [0.717, 1.165) is 12.8 Å². The van der Waals surface area contributed by atoms with Crippen LogP contribution in [0.15, 0.2) is 30.3 Å². The molecule has 21 heavy (non-hydrogen) atoms. The minimum atomic E-state index is -0.0605. The van der Waals surface area contributed by atoms with E-state index in [1.54, 1.807) is 0 Å². The predicted molar refractivity (Wildman–Crippen MR) is 92.6 cm³/mol. The van der Waals surface area contributed by atoms with Gasteiger partial charge in [0.25, 0.3) is 0 Å². The van der Waals surface area contributed by atoms with Crippen molar-refractivity contribution in [1.82, 2.24) is 0 Å². The third-order valence-corrected chi connectivity index (χ3v) is 4.32. The van der Waals surface area contributed by atoms with Crippen LogP contribution in [0.4, 0.5) is 0 Å². The van der Waals surface area contributed by atoms with Crippen LogP contribution in [0.2, 0.25) is 0 Å². The van der Waals surface area contributed by atoms with Gasteiger partial charge in [0.15, 0.2) is 0 Å². The summed E-state index contributed by atoms with van der Waals surface area (Å²) in [5, 5.41) is 9.46. The lowest BCUT2D eigenvalue weighted by Crippen LogP contribution is -2.03. The van der Waals surface area contributed by atoms with Crippen LogP contribution in [0.25, 0.3) is 0 Å². The molecule has 0 aliphatic heterocycles. The van der Waals surface area contributed by atoms with Crippen molar-refractivity contribution in [2.45, 2.75) is 90.1 Å². The molecule has 0 spiro atoms. The average molecular weight is 290 g/mol. The maximum absolute atomic E-state index is 9.46. The Balaban J connectivity index is 1.79. The fourth-order valence-electron chi connectivity index (χ4n) is 2.80. The zero-order valence-electron chi connectivity index (χ0n) is 13.9. The third-order valence-electron chi connectivity index (χ3n) is 4.32. The number of benzene rings is 1. The van der Waals surface area contributed by atoms with Crippen molar-refractivity contribution in [3.63, 3.8) is 0 Å². The van der Waals surface area contributed by atoms with Gasteiger partial charge in [0.05, 0.1) is 6.10 Å². The average Bonchev–Trinajstić information content (AvgIpc) is 2.53. The normalized spacial score (nSPS) is 12.5. The summed E-state index contributed by atoms with van der Waals surface area (Å²) in [7, 11) is 0. The third kappa shape index (κ3) is 10.5. The lowest BCUT2D eigenvalue weighted by molar-refractivity contribution is 0.156. The molecule has 0 radical (unpaired) electrons. The molecule has 120 valence electrons. The summed E-state index contributed by atoms with van der Waals surface area (Å²) in [6, 6.07) is 10.8. The highest BCUT2D eigenvalue weighted by Gasteiger charge is 1.99. The molecule has 1 heteroatoms. The molecule has 1 rings (SSSR count). The number of aliphatic hydroxyl groups excluding tert-OH is 1. The molecule has 0 aliphatic carbocycles. The monoisotopic (exact) mass is 290 g/mol. The van der Waals surface area contributed by atoms with Crippen LogP contribution in [0.5, 0.6) is 0 Å². The first-order valence-electron chi connectivity index (χ1n) is 9.05. The molecule has 0 unspecified atom stereocenters. The molecule has 1 aromatic carbocycles. The van der Waals surface area contributed by atoms with Gasteiger partial charge in [0.2, 0.25) is 0 Å². The van der Waals surface area contributed by atoms with Gasteiger partial charge >= 0.3 is 0 Å². The predicted octanol–water partition coefficient (Wildman–Crippen LogP) is 5.90. The smallest absolute Gasteiger partial charge is 0.0537 e. The number of hydrogen-bond acceptors (Lipinski definition) is 1. The summed E-state index contributed by atoms with van der Waals surface area (Å²) >= 11 is 0. The van der Waals surface area contributed by atoms with Crippen LogP contribution in [0.1, 0.15) is 83.1 Å². The van der Waals surface area contributed by atoms with Crippen LogP contribution in [-0.2, 0) is 6.42 Å². The van der Waals surface area contributed by atoms with E-state index in [0.29, 0.717) is 0 Å². The minimum Gasteiger partial charge on any atom is -0.393 e. The Bertz CT molecular complexity index is 320. The van der Waals surface area contributed by atoms with Crippen molar-refractivity contribution in [3.05, 3.63) is 35.9 Å². The Hall–Kier alpha value is -0.820. The van der Waals surface area contributed by atoms with Crippen LogP contribution in [0.3, 0.4) is 0 Å². The molecule has 0 aromatic heterocycles. The molecule has 0 aliphatic rings. The fraction of sp³-hybridized carbons (Fsp3) is 0.700. The van der Waals surface area contributed by atoms with E-state index in [4.69, 9.17) is 0 Å². The van der Waals surface area contributed by atoms with E-state index < -0.39 is 0 Å². The SMILES string of the molecule is CC[C@H](O)CCCCCCCCCCCc1ccccc1. The van der Waals surface area contributed by atoms with E-state index in [-0.39, 0.29) is 6.10 Å². The molecule has 0 heterocycles. The first-order valence-corrected chi connectivity index (χ1v) is 9.05.